The second-order valence-corrected chi connectivity index (χ2v) is 11.9. The smallest absolute Gasteiger partial charge is 0.324 e. The molecular weight excluding hydrogens is 530 g/mol. The lowest BCUT2D eigenvalue weighted by atomic mass is 9.89. The molecule has 0 unspecified atom stereocenters. The molecule has 1 aliphatic heterocycles. The molecule has 2 aromatic carbocycles. The zero-order chi connectivity index (χ0) is 29.9. The average Bonchev–Trinajstić information content (AvgIpc) is 3.65. The maximum Gasteiger partial charge on any atom is 0.324 e. The molecule has 2 N–H and O–H groups in total. The first-order chi connectivity index (χ1) is 20.1. The first-order valence-electron chi connectivity index (χ1n) is 14.3. The number of urea groups is 1. The second-order valence-electron chi connectivity index (χ2n) is 11.9. The Labute approximate surface area is 245 Å². The Hall–Kier alpha value is -4.66. The van der Waals surface area contributed by atoms with Crippen LogP contribution in [0.25, 0.3) is 5.69 Å². The van der Waals surface area contributed by atoms with Gasteiger partial charge in [-0.2, -0.15) is 5.10 Å². The quantitative estimate of drug-likeness (QED) is 0.199. The van der Waals surface area contributed by atoms with E-state index in [1.807, 2.05) is 61.5 Å². The van der Waals surface area contributed by atoms with Crippen LogP contribution in [0.15, 0.2) is 77.4 Å². The van der Waals surface area contributed by atoms with Crippen LogP contribution in [0.4, 0.5) is 16.3 Å². The number of hydrogen-bond acceptors (Lipinski definition) is 5. The van der Waals surface area contributed by atoms with Crippen LogP contribution in [-0.4, -0.2) is 45.5 Å². The normalized spacial score (nSPS) is 14.0. The second kappa shape index (κ2) is 12.1. The number of Topliss-reactive ketones (excluding diaryl/α,β-unsaturated/α-hetero) is 1. The summed E-state index contributed by atoms with van der Waals surface area (Å²) in [7, 11) is 0. The highest BCUT2D eigenvalue weighted by Gasteiger charge is 2.29. The summed E-state index contributed by atoms with van der Waals surface area (Å²) in [5.41, 5.74) is 4.44. The van der Waals surface area contributed by atoms with Gasteiger partial charge in [0.15, 0.2) is 5.76 Å². The Morgan fingerprint density at radius 2 is 1.67 bits per heavy atom. The highest BCUT2D eigenvalue weighted by molar-refractivity contribution is 6.41. The highest BCUT2D eigenvalue weighted by Crippen LogP contribution is 2.28. The Balaban J connectivity index is 1.24. The Morgan fingerprint density at radius 1 is 0.952 bits per heavy atom. The largest absolute Gasteiger partial charge is 0.461 e. The molecule has 0 bridgehead atoms. The zero-order valence-corrected chi connectivity index (χ0v) is 24.5. The molecule has 218 valence electrons. The van der Waals surface area contributed by atoms with Gasteiger partial charge in [-0.05, 0) is 68.0 Å². The summed E-state index contributed by atoms with van der Waals surface area (Å²) >= 11 is 0. The molecule has 0 spiro atoms. The fraction of sp³-hybridized carbons (Fsp3) is 0.333. The van der Waals surface area contributed by atoms with Crippen molar-refractivity contribution >= 4 is 29.2 Å². The molecule has 0 radical (unpaired) electrons. The van der Waals surface area contributed by atoms with Gasteiger partial charge >= 0.3 is 6.03 Å². The van der Waals surface area contributed by atoms with Gasteiger partial charge in [0, 0.05) is 30.3 Å². The van der Waals surface area contributed by atoms with Gasteiger partial charge in [0.2, 0.25) is 0 Å². The Morgan fingerprint density at radius 3 is 2.33 bits per heavy atom. The number of rotatable bonds is 7. The van der Waals surface area contributed by atoms with Gasteiger partial charge in [0.05, 0.1) is 17.6 Å². The average molecular weight is 568 g/mol. The van der Waals surface area contributed by atoms with E-state index in [4.69, 9.17) is 9.52 Å². The van der Waals surface area contributed by atoms with Crippen LogP contribution in [0.2, 0.25) is 0 Å². The van der Waals surface area contributed by atoms with E-state index < -0.39 is 11.7 Å². The molecule has 1 saturated heterocycles. The molecule has 0 aliphatic carbocycles. The summed E-state index contributed by atoms with van der Waals surface area (Å²) in [6, 6.07) is 20.4. The summed E-state index contributed by atoms with van der Waals surface area (Å²) in [5.74, 6) is -0.174. The minimum absolute atomic E-state index is 0.0666. The number of para-hydroxylation sites is 1. The molecule has 3 heterocycles. The number of furan rings is 1. The summed E-state index contributed by atoms with van der Waals surface area (Å²) in [4.78, 5) is 39.9. The number of nitrogens with zero attached hydrogens (tertiary/aromatic N) is 3. The predicted octanol–water partition coefficient (Wildman–Crippen LogP) is 6.38. The van der Waals surface area contributed by atoms with Crippen molar-refractivity contribution in [3.05, 3.63) is 95.6 Å². The fourth-order valence-corrected chi connectivity index (χ4v) is 5.12. The molecule has 42 heavy (non-hydrogen) atoms. The molecule has 5 rings (SSSR count). The number of ketones is 1. The maximum atomic E-state index is 13.3. The van der Waals surface area contributed by atoms with Gasteiger partial charge in [0.1, 0.15) is 5.82 Å². The van der Waals surface area contributed by atoms with Crippen LogP contribution in [0.5, 0.6) is 0 Å². The SMILES string of the molecule is Cc1ccc(-n2nc(C(C)(C)C)cc2NC(=O)Nc2ccccc2CC2CCN(C(=O)C(=O)c3ccco3)CC2)cc1. The first-order valence-corrected chi connectivity index (χ1v) is 14.3. The number of nitrogens with one attached hydrogen (secondary N) is 2. The van der Waals surface area contributed by atoms with Crippen molar-refractivity contribution in [2.75, 3.05) is 23.7 Å². The molecule has 1 fully saturated rings. The first kappa shape index (κ1) is 28.9. The van der Waals surface area contributed by atoms with Gasteiger partial charge in [0.25, 0.3) is 11.7 Å². The number of aromatic nitrogens is 2. The predicted molar refractivity (Wildman–Crippen MR) is 162 cm³/mol. The van der Waals surface area contributed by atoms with E-state index in [2.05, 4.69) is 31.4 Å². The summed E-state index contributed by atoms with van der Waals surface area (Å²) in [6.45, 7) is 9.31. The third-order valence-corrected chi connectivity index (χ3v) is 7.61. The molecule has 9 heteroatoms. The van der Waals surface area contributed by atoms with E-state index in [0.717, 1.165) is 47.5 Å². The monoisotopic (exact) mass is 567 g/mol. The van der Waals surface area contributed by atoms with Gasteiger partial charge in [-0.15, -0.1) is 0 Å². The zero-order valence-electron chi connectivity index (χ0n) is 24.5. The molecule has 3 amide bonds. The number of carbonyl (C=O) groups excluding carboxylic acids is 3. The van der Waals surface area contributed by atoms with Gasteiger partial charge < -0.3 is 14.6 Å². The fourth-order valence-electron chi connectivity index (χ4n) is 5.12. The van der Waals surface area contributed by atoms with Gasteiger partial charge in [-0.3, -0.25) is 14.9 Å². The van der Waals surface area contributed by atoms with Gasteiger partial charge in [-0.25, -0.2) is 9.48 Å². The van der Waals surface area contributed by atoms with E-state index in [1.165, 1.54) is 12.3 Å². The Kier molecular flexibility index (Phi) is 8.29. The van der Waals surface area contributed by atoms with Crippen molar-refractivity contribution in [3.8, 4) is 5.69 Å². The summed E-state index contributed by atoms with van der Waals surface area (Å²) < 4.78 is 6.86. The molecule has 4 aromatic rings. The van der Waals surface area contributed by atoms with Gasteiger partial charge in [-0.1, -0.05) is 56.7 Å². The molecule has 0 saturated carbocycles. The van der Waals surface area contributed by atoms with E-state index in [-0.39, 0.29) is 17.2 Å². The van der Waals surface area contributed by atoms with Crippen molar-refractivity contribution in [2.24, 2.45) is 5.92 Å². The minimum Gasteiger partial charge on any atom is -0.461 e. The highest BCUT2D eigenvalue weighted by atomic mass is 16.3. The topological polar surface area (TPSA) is 109 Å². The summed E-state index contributed by atoms with van der Waals surface area (Å²) in [6.07, 6.45) is 3.67. The van der Waals surface area contributed by atoms with Crippen molar-refractivity contribution < 1.29 is 18.8 Å². The summed E-state index contributed by atoms with van der Waals surface area (Å²) in [5, 5.41) is 10.8. The Bertz CT molecular complexity index is 1560. The number of carbonyl (C=O) groups is 3. The number of hydrogen-bond donors (Lipinski definition) is 2. The number of aryl methyl sites for hydroxylation is 1. The van der Waals surface area contributed by atoms with E-state index in [1.54, 1.807) is 15.6 Å². The lowest BCUT2D eigenvalue weighted by Gasteiger charge is -2.31. The molecule has 1 aliphatic rings. The van der Waals surface area contributed by atoms with Crippen LogP contribution in [0.1, 0.15) is 61.0 Å². The van der Waals surface area contributed by atoms with Crippen molar-refractivity contribution in [3.63, 3.8) is 0 Å². The van der Waals surface area contributed by atoms with Crippen LogP contribution < -0.4 is 10.6 Å². The molecule has 0 atom stereocenters. The minimum atomic E-state index is -0.614. The van der Waals surface area contributed by atoms with E-state index >= 15 is 0 Å². The lowest BCUT2D eigenvalue weighted by molar-refractivity contribution is -0.127. The number of benzene rings is 2. The van der Waals surface area contributed by atoms with Crippen molar-refractivity contribution in [2.45, 2.75) is 52.4 Å². The van der Waals surface area contributed by atoms with E-state index in [9.17, 15) is 14.4 Å². The standard InChI is InChI=1S/C33H37N5O4/c1-22-11-13-25(14-12-22)38-29(21-28(36-38)33(2,3)4)35-32(41)34-26-9-6-5-8-24(26)20-23-15-17-37(18-16-23)31(40)30(39)27-10-7-19-42-27/h5-14,19,21,23H,15-18,20H2,1-4H3,(H2,34,35,41). The third-order valence-electron chi connectivity index (χ3n) is 7.61. The number of amides is 3. The number of piperidine rings is 1. The van der Waals surface area contributed by atoms with Crippen LogP contribution in [0.3, 0.4) is 0 Å². The van der Waals surface area contributed by atoms with Crippen molar-refractivity contribution in [1.29, 1.82) is 0 Å². The van der Waals surface area contributed by atoms with Crippen LogP contribution in [0, 0.1) is 12.8 Å². The number of anilines is 2. The van der Waals surface area contributed by atoms with E-state index in [0.29, 0.717) is 24.8 Å². The maximum absolute atomic E-state index is 13.3. The van der Waals surface area contributed by atoms with Crippen LogP contribution >= 0.6 is 0 Å². The number of likely N-dealkylation sites (tertiary alicyclic amines) is 1. The third kappa shape index (κ3) is 6.62. The molecular formula is C33H37N5O4. The van der Waals surface area contributed by atoms with Crippen molar-refractivity contribution in [1.82, 2.24) is 14.7 Å². The molecule has 2 aromatic heterocycles. The lowest BCUT2D eigenvalue weighted by Crippen LogP contribution is -2.42. The molecule has 9 nitrogen and oxygen atoms in total. The van der Waals surface area contributed by atoms with Crippen LogP contribution in [-0.2, 0) is 16.6 Å².